The van der Waals surface area contributed by atoms with Gasteiger partial charge >= 0.3 is 5.97 Å². The lowest BCUT2D eigenvalue weighted by atomic mass is 9.86. The molecular weight excluding hydrogens is 649 g/mol. The number of halogens is 1. The van der Waals surface area contributed by atoms with Gasteiger partial charge < -0.3 is 23.9 Å². The van der Waals surface area contributed by atoms with E-state index in [0.29, 0.717) is 59.7 Å². The minimum absolute atomic E-state index is 0.261. The predicted molar refractivity (Wildman–Crippen MR) is 192 cm³/mol. The van der Waals surface area contributed by atoms with Crippen molar-refractivity contribution in [1.82, 2.24) is 24.3 Å². The Morgan fingerprint density at radius 3 is 2.63 bits per heavy atom. The van der Waals surface area contributed by atoms with Crippen LogP contribution in [-0.4, -0.2) is 60.8 Å². The zero-order valence-corrected chi connectivity index (χ0v) is 29.6. The minimum atomic E-state index is -1.35. The van der Waals surface area contributed by atoms with Crippen LogP contribution in [0.2, 0.25) is 0 Å². The molecule has 6 aromatic rings. The third-order valence-electron chi connectivity index (χ3n) is 9.93. The van der Waals surface area contributed by atoms with Crippen molar-refractivity contribution >= 4 is 27.9 Å². The second kappa shape index (κ2) is 12.3. The van der Waals surface area contributed by atoms with Gasteiger partial charge in [-0.25, -0.2) is 14.2 Å². The second-order valence-electron chi connectivity index (χ2n) is 14.6. The number of carboxylic acid groups (broad SMARTS) is 1. The van der Waals surface area contributed by atoms with Crippen LogP contribution in [0.25, 0.3) is 55.6 Å². The zero-order chi connectivity index (χ0) is 35.8. The van der Waals surface area contributed by atoms with Crippen LogP contribution in [0.5, 0.6) is 5.75 Å². The molecule has 1 N–H and O–H groups in total. The highest BCUT2D eigenvalue weighted by molar-refractivity contribution is 6.01. The maximum absolute atomic E-state index is 15.9. The summed E-state index contributed by atoms with van der Waals surface area (Å²) in [5, 5.41) is 17.0. The molecule has 0 bridgehead atoms. The SMILES string of the molecule is Cc1nc2c(cc(-c3ccnc(-c4ccc5nn(C6COC6)cc5c4)c3)n2C)c(-c2cc(F)c3c(c2C)CCCO3)c1[C@H](OC(C)(C)C)C(=O)O. The maximum atomic E-state index is 15.9. The van der Waals surface area contributed by atoms with Crippen LogP contribution in [0, 0.1) is 19.7 Å². The standard InChI is InChI=1S/C40H40FN5O5/c1-21-27-8-7-13-50-36(27)30(41)16-28(21)35-29-17-33(45(6)38(29)43-22(2)34(35)37(39(47)48)51-40(3,4)5)24-11-12-42-32(15-24)23-9-10-31-25(14-23)18-46(44-31)26-19-49-20-26/h9-12,14-18,26,37H,7-8,13,19-20H2,1-6H3,(H,47,48)/t37-/m0/s1. The Hall–Kier alpha value is -5.13. The highest BCUT2D eigenvalue weighted by Crippen LogP contribution is 2.45. The number of rotatable bonds is 7. The lowest BCUT2D eigenvalue weighted by Crippen LogP contribution is -2.30. The number of aliphatic carboxylic acids is 1. The summed E-state index contributed by atoms with van der Waals surface area (Å²) in [4.78, 5) is 22.7. The minimum Gasteiger partial charge on any atom is -0.490 e. The molecule has 11 heteroatoms. The average Bonchev–Trinajstić information content (AvgIpc) is 3.63. The first-order valence-electron chi connectivity index (χ1n) is 17.3. The van der Waals surface area contributed by atoms with Crippen molar-refractivity contribution in [2.45, 2.75) is 65.2 Å². The quantitative estimate of drug-likeness (QED) is 0.180. The Bertz CT molecular complexity index is 2370. The first-order chi connectivity index (χ1) is 24.4. The van der Waals surface area contributed by atoms with E-state index in [1.54, 1.807) is 13.1 Å². The van der Waals surface area contributed by atoms with Crippen molar-refractivity contribution in [2.24, 2.45) is 7.05 Å². The first-order valence-corrected chi connectivity index (χ1v) is 17.3. The third-order valence-corrected chi connectivity index (χ3v) is 9.93. The lowest BCUT2D eigenvalue weighted by molar-refractivity contribution is -0.160. The molecule has 1 saturated heterocycles. The van der Waals surface area contributed by atoms with E-state index in [1.165, 1.54) is 6.07 Å². The molecule has 1 fully saturated rings. The number of hydrogen-bond donors (Lipinski definition) is 1. The van der Waals surface area contributed by atoms with Crippen LogP contribution in [-0.2, 0) is 27.7 Å². The largest absolute Gasteiger partial charge is 0.490 e. The van der Waals surface area contributed by atoms with E-state index in [4.69, 9.17) is 29.3 Å². The van der Waals surface area contributed by atoms with Crippen LogP contribution in [0.1, 0.15) is 61.7 Å². The molecule has 10 nitrogen and oxygen atoms in total. The number of ether oxygens (including phenoxy) is 3. The maximum Gasteiger partial charge on any atom is 0.337 e. The molecule has 0 unspecified atom stereocenters. The van der Waals surface area contributed by atoms with Gasteiger partial charge in [0.1, 0.15) is 5.65 Å². The molecule has 6 heterocycles. The van der Waals surface area contributed by atoms with Gasteiger partial charge in [-0.3, -0.25) is 9.67 Å². The average molecular weight is 690 g/mol. The fourth-order valence-electron chi connectivity index (χ4n) is 7.36. The van der Waals surface area contributed by atoms with Gasteiger partial charge in [0, 0.05) is 63.7 Å². The topological polar surface area (TPSA) is 114 Å². The smallest absolute Gasteiger partial charge is 0.337 e. The second-order valence-corrected chi connectivity index (χ2v) is 14.6. The van der Waals surface area contributed by atoms with E-state index in [-0.39, 0.29) is 11.8 Å². The molecule has 8 rings (SSSR count). The van der Waals surface area contributed by atoms with E-state index < -0.39 is 23.5 Å². The normalized spacial score (nSPS) is 15.5. The van der Waals surface area contributed by atoms with Gasteiger partial charge in [0.15, 0.2) is 17.7 Å². The highest BCUT2D eigenvalue weighted by atomic mass is 19.1. The summed E-state index contributed by atoms with van der Waals surface area (Å²) in [7, 11) is 1.94. The van der Waals surface area contributed by atoms with Gasteiger partial charge in [-0.15, -0.1) is 0 Å². The number of carboxylic acids is 1. The summed E-state index contributed by atoms with van der Waals surface area (Å²) in [6.07, 6.45) is 3.92. The number of hydrogen-bond acceptors (Lipinski definition) is 7. The number of nitrogens with zero attached hydrogens (tertiary/aromatic N) is 5. The van der Waals surface area contributed by atoms with Crippen molar-refractivity contribution < 1.29 is 28.5 Å². The molecule has 0 radical (unpaired) electrons. The molecule has 0 aliphatic carbocycles. The van der Waals surface area contributed by atoms with Gasteiger partial charge in [0.25, 0.3) is 0 Å². The molecule has 51 heavy (non-hydrogen) atoms. The Morgan fingerprint density at radius 1 is 1.10 bits per heavy atom. The number of aromatic nitrogens is 5. The summed E-state index contributed by atoms with van der Waals surface area (Å²) in [5.74, 6) is -1.35. The number of carbonyl (C=O) groups is 1. The molecule has 4 aromatic heterocycles. The predicted octanol–water partition coefficient (Wildman–Crippen LogP) is 7.91. The Kier molecular flexibility index (Phi) is 7.95. The summed E-state index contributed by atoms with van der Waals surface area (Å²) in [6.45, 7) is 11.0. The number of fused-ring (bicyclic) bond motifs is 3. The molecule has 0 saturated carbocycles. The van der Waals surface area contributed by atoms with Gasteiger partial charge in [-0.2, -0.15) is 5.10 Å². The number of pyridine rings is 2. The van der Waals surface area contributed by atoms with E-state index in [9.17, 15) is 9.90 Å². The Morgan fingerprint density at radius 2 is 1.90 bits per heavy atom. The van der Waals surface area contributed by atoms with Crippen molar-refractivity contribution in [1.29, 1.82) is 0 Å². The molecule has 2 aromatic carbocycles. The molecule has 1 atom stereocenters. The van der Waals surface area contributed by atoms with E-state index in [2.05, 4.69) is 12.3 Å². The van der Waals surface area contributed by atoms with Crippen LogP contribution in [0.15, 0.2) is 54.9 Å². The van der Waals surface area contributed by atoms with Crippen molar-refractivity contribution in [3.05, 3.63) is 83.1 Å². The van der Waals surface area contributed by atoms with Crippen LogP contribution >= 0.6 is 0 Å². The number of benzene rings is 2. The van der Waals surface area contributed by atoms with Crippen molar-refractivity contribution in [2.75, 3.05) is 19.8 Å². The van der Waals surface area contributed by atoms with E-state index >= 15 is 4.39 Å². The van der Waals surface area contributed by atoms with Gasteiger partial charge in [-0.1, -0.05) is 6.07 Å². The molecule has 0 spiro atoms. The molecule has 0 amide bonds. The van der Waals surface area contributed by atoms with E-state index in [0.717, 1.165) is 51.0 Å². The van der Waals surface area contributed by atoms with Crippen LogP contribution in [0.3, 0.4) is 0 Å². The third kappa shape index (κ3) is 5.74. The van der Waals surface area contributed by atoms with Crippen molar-refractivity contribution in [3.63, 3.8) is 0 Å². The summed E-state index contributed by atoms with van der Waals surface area (Å²) in [5.41, 5.74) is 7.99. The monoisotopic (exact) mass is 689 g/mol. The van der Waals surface area contributed by atoms with Crippen molar-refractivity contribution in [3.8, 4) is 39.4 Å². The lowest BCUT2D eigenvalue weighted by Gasteiger charge is -2.29. The van der Waals surface area contributed by atoms with Crippen LogP contribution in [0.4, 0.5) is 4.39 Å². The first kappa shape index (κ1) is 33.0. The van der Waals surface area contributed by atoms with Gasteiger partial charge in [-0.05, 0) is 95.0 Å². The van der Waals surface area contributed by atoms with E-state index in [1.807, 2.05) is 74.3 Å². The fourth-order valence-corrected chi connectivity index (χ4v) is 7.36. The highest BCUT2D eigenvalue weighted by Gasteiger charge is 2.34. The van der Waals surface area contributed by atoms with Gasteiger partial charge in [0.2, 0.25) is 0 Å². The molecular formula is C40H40FN5O5. The Labute approximate surface area is 294 Å². The zero-order valence-electron chi connectivity index (χ0n) is 29.6. The molecule has 262 valence electrons. The van der Waals surface area contributed by atoms with Crippen LogP contribution < -0.4 is 4.74 Å². The molecule has 2 aliphatic rings. The van der Waals surface area contributed by atoms with Gasteiger partial charge in [0.05, 0.1) is 48.4 Å². The molecule has 2 aliphatic heterocycles. The fraction of sp³-hybridized carbons (Fsp3) is 0.350. The summed E-state index contributed by atoms with van der Waals surface area (Å²) < 4.78 is 37.2. The number of aryl methyl sites for hydroxylation is 2. The summed E-state index contributed by atoms with van der Waals surface area (Å²) in [6, 6.07) is 13.9. The summed E-state index contributed by atoms with van der Waals surface area (Å²) >= 11 is 0. The Balaban J connectivity index is 1.32.